The van der Waals surface area contributed by atoms with Gasteiger partial charge in [0.1, 0.15) is 5.84 Å². The number of hydrogen-bond donors (Lipinski definition) is 3. The molecule has 0 atom stereocenters. The SMILES string of the molecule is N=C(N)c1ccccc1.N=C=S. The first-order valence-corrected chi connectivity index (χ1v) is 3.56. The molecule has 0 saturated heterocycles. The highest BCUT2D eigenvalue weighted by Gasteiger charge is 1.89. The Morgan fingerprint density at radius 1 is 1.33 bits per heavy atom. The van der Waals surface area contributed by atoms with Crippen molar-refractivity contribution in [3.63, 3.8) is 0 Å². The van der Waals surface area contributed by atoms with Crippen molar-refractivity contribution in [2.45, 2.75) is 0 Å². The van der Waals surface area contributed by atoms with Crippen molar-refractivity contribution in [1.29, 1.82) is 10.8 Å². The minimum Gasteiger partial charge on any atom is -0.384 e. The summed E-state index contributed by atoms with van der Waals surface area (Å²) >= 11 is 3.81. The fraction of sp³-hybridized carbons (Fsp3) is 0. The summed E-state index contributed by atoms with van der Waals surface area (Å²) in [5.41, 5.74) is 5.97. The first-order chi connectivity index (χ1) is 5.72. The molecule has 0 amide bonds. The number of amidine groups is 1. The predicted octanol–water partition coefficient (Wildman–Crippen LogP) is 1.64. The molecular formula is C8H9N3S. The van der Waals surface area contributed by atoms with Crippen molar-refractivity contribution in [3.05, 3.63) is 35.9 Å². The lowest BCUT2D eigenvalue weighted by Crippen LogP contribution is -2.10. The van der Waals surface area contributed by atoms with E-state index in [1.165, 1.54) is 0 Å². The molecule has 0 aliphatic heterocycles. The van der Waals surface area contributed by atoms with E-state index in [0.29, 0.717) is 0 Å². The number of nitrogens with one attached hydrogen (secondary N) is 2. The quantitative estimate of drug-likeness (QED) is 0.348. The molecule has 0 aliphatic rings. The molecule has 0 radical (unpaired) electrons. The molecule has 0 spiro atoms. The van der Waals surface area contributed by atoms with E-state index in [4.69, 9.17) is 16.6 Å². The Morgan fingerprint density at radius 2 is 1.75 bits per heavy atom. The molecule has 0 heterocycles. The molecule has 62 valence electrons. The largest absolute Gasteiger partial charge is 0.384 e. The summed E-state index contributed by atoms with van der Waals surface area (Å²) < 4.78 is 0. The lowest BCUT2D eigenvalue weighted by atomic mass is 10.2. The number of nitrogen functional groups attached to an aromatic ring is 1. The Balaban J connectivity index is 0.000000354. The van der Waals surface area contributed by atoms with Crippen LogP contribution in [0.1, 0.15) is 5.56 Å². The fourth-order valence-electron chi connectivity index (χ4n) is 0.618. The number of hydrogen-bond acceptors (Lipinski definition) is 3. The molecule has 0 unspecified atom stereocenters. The third kappa shape index (κ3) is 4.33. The van der Waals surface area contributed by atoms with Crippen molar-refractivity contribution in [3.8, 4) is 0 Å². The van der Waals surface area contributed by atoms with Crippen molar-refractivity contribution >= 4 is 23.2 Å². The van der Waals surface area contributed by atoms with Crippen molar-refractivity contribution in [2.24, 2.45) is 5.73 Å². The Hall–Kier alpha value is -1.51. The van der Waals surface area contributed by atoms with Gasteiger partial charge in [-0.05, 0) is 12.2 Å². The van der Waals surface area contributed by atoms with Gasteiger partial charge in [0.05, 0.1) is 5.16 Å². The monoisotopic (exact) mass is 179 g/mol. The predicted molar refractivity (Wildman–Crippen MR) is 52.8 cm³/mol. The Kier molecular flexibility index (Phi) is 5.43. The molecule has 1 aromatic carbocycles. The zero-order valence-corrected chi connectivity index (χ0v) is 7.19. The minimum absolute atomic E-state index is 0.121. The van der Waals surface area contributed by atoms with Crippen LogP contribution in [0.2, 0.25) is 0 Å². The van der Waals surface area contributed by atoms with Gasteiger partial charge in [0.15, 0.2) is 0 Å². The molecule has 4 N–H and O–H groups in total. The normalized spacial score (nSPS) is 7.33. The van der Waals surface area contributed by atoms with Gasteiger partial charge in [-0.15, -0.1) is 0 Å². The summed E-state index contributed by atoms with van der Waals surface area (Å²) in [5, 5.41) is 14.4. The van der Waals surface area contributed by atoms with Crippen LogP contribution in [-0.2, 0) is 0 Å². The third-order valence-corrected chi connectivity index (χ3v) is 1.08. The maximum Gasteiger partial charge on any atom is 0.122 e. The first kappa shape index (κ1) is 10.5. The van der Waals surface area contributed by atoms with Gasteiger partial charge in [-0.3, -0.25) is 5.41 Å². The van der Waals surface area contributed by atoms with Gasteiger partial charge >= 0.3 is 0 Å². The number of isothiocyanates is 1. The van der Waals surface area contributed by atoms with Crippen LogP contribution in [0.15, 0.2) is 30.3 Å². The average molecular weight is 179 g/mol. The average Bonchev–Trinajstić information content (AvgIpc) is 2.07. The maximum absolute atomic E-state index is 7.01. The van der Waals surface area contributed by atoms with E-state index in [9.17, 15) is 0 Å². The van der Waals surface area contributed by atoms with Gasteiger partial charge in [0, 0.05) is 5.56 Å². The Bertz CT molecular complexity index is 276. The standard InChI is InChI=1S/C7H8N2.CHNS/c8-7(9)6-4-2-1-3-5-6;2-1-3/h1-5H,(H3,8,9);2H. The van der Waals surface area contributed by atoms with Crippen LogP contribution in [0.25, 0.3) is 0 Å². The number of benzene rings is 1. The molecular weight excluding hydrogens is 170 g/mol. The van der Waals surface area contributed by atoms with Crippen LogP contribution in [0.3, 0.4) is 0 Å². The molecule has 0 aromatic heterocycles. The summed E-state index contributed by atoms with van der Waals surface area (Å²) in [7, 11) is 0. The minimum atomic E-state index is 0.121. The molecule has 1 aromatic rings. The van der Waals surface area contributed by atoms with Crippen LogP contribution in [0.4, 0.5) is 0 Å². The smallest absolute Gasteiger partial charge is 0.122 e. The maximum atomic E-state index is 7.01. The van der Waals surface area contributed by atoms with Gasteiger partial charge in [-0.25, -0.2) is 5.41 Å². The molecule has 1 rings (SSSR count). The highest BCUT2D eigenvalue weighted by Crippen LogP contribution is 1.94. The second-order valence-corrected chi connectivity index (χ2v) is 2.09. The van der Waals surface area contributed by atoms with Crippen LogP contribution < -0.4 is 5.73 Å². The van der Waals surface area contributed by atoms with Crippen molar-refractivity contribution in [1.82, 2.24) is 0 Å². The van der Waals surface area contributed by atoms with Crippen LogP contribution in [0.5, 0.6) is 0 Å². The summed E-state index contributed by atoms with van der Waals surface area (Å²) in [4.78, 5) is 0. The van der Waals surface area contributed by atoms with E-state index in [1.807, 2.05) is 30.3 Å². The van der Waals surface area contributed by atoms with Gasteiger partial charge in [-0.1, -0.05) is 30.3 Å². The van der Waals surface area contributed by atoms with Crippen molar-refractivity contribution in [2.75, 3.05) is 0 Å². The first-order valence-electron chi connectivity index (χ1n) is 3.15. The molecule has 0 bridgehead atoms. The van der Waals surface area contributed by atoms with E-state index in [2.05, 4.69) is 12.2 Å². The number of nitrogens with two attached hydrogens (primary N) is 1. The molecule has 0 saturated carbocycles. The lowest BCUT2D eigenvalue weighted by Gasteiger charge is -1.93. The van der Waals surface area contributed by atoms with E-state index in [-0.39, 0.29) is 5.84 Å². The summed E-state index contributed by atoms with van der Waals surface area (Å²) in [6, 6.07) is 9.23. The Morgan fingerprint density at radius 3 is 2.00 bits per heavy atom. The highest BCUT2D eigenvalue weighted by molar-refractivity contribution is 7.78. The summed E-state index contributed by atoms with van der Waals surface area (Å²) in [6.07, 6.45) is 0. The van der Waals surface area contributed by atoms with E-state index in [1.54, 1.807) is 5.16 Å². The van der Waals surface area contributed by atoms with Crippen LogP contribution in [0, 0.1) is 10.8 Å². The van der Waals surface area contributed by atoms with E-state index in [0.717, 1.165) is 5.56 Å². The fourth-order valence-corrected chi connectivity index (χ4v) is 0.618. The molecule has 4 heteroatoms. The third-order valence-electron chi connectivity index (χ3n) is 1.08. The zero-order valence-electron chi connectivity index (χ0n) is 6.37. The summed E-state index contributed by atoms with van der Waals surface area (Å²) in [5.74, 6) is 0.121. The topological polar surface area (TPSA) is 73.7 Å². The lowest BCUT2D eigenvalue weighted by molar-refractivity contribution is 1.42. The number of thiocarbonyl (C=S) groups is 1. The number of rotatable bonds is 1. The van der Waals surface area contributed by atoms with Crippen molar-refractivity contribution < 1.29 is 0 Å². The van der Waals surface area contributed by atoms with Gasteiger partial charge in [-0.2, -0.15) is 0 Å². The van der Waals surface area contributed by atoms with E-state index >= 15 is 0 Å². The second-order valence-electron chi connectivity index (χ2n) is 1.88. The molecule has 0 aliphatic carbocycles. The van der Waals surface area contributed by atoms with Gasteiger partial charge in [0.25, 0.3) is 0 Å². The molecule has 0 fully saturated rings. The Labute approximate surface area is 76.2 Å². The second kappa shape index (κ2) is 6.22. The highest BCUT2D eigenvalue weighted by atomic mass is 32.1. The van der Waals surface area contributed by atoms with Gasteiger partial charge in [0.2, 0.25) is 0 Å². The summed E-state index contributed by atoms with van der Waals surface area (Å²) in [6.45, 7) is 0. The molecule has 3 nitrogen and oxygen atoms in total. The van der Waals surface area contributed by atoms with Gasteiger partial charge < -0.3 is 5.73 Å². The van der Waals surface area contributed by atoms with Crippen LogP contribution in [-0.4, -0.2) is 11.0 Å². The molecule has 12 heavy (non-hydrogen) atoms. The van der Waals surface area contributed by atoms with E-state index < -0.39 is 0 Å². The van der Waals surface area contributed by atoms with Crippen LogP contribution >= 0.6 is 12.2 Å². The zero-order chi connectivity index (χ0) is 9.40.